The molecule has 1 N–H and O–H groups in total. The van der Waals surface area contributed by atoms with Crippen LogP contribution in [0.2, 0.25) is 0 Å². The first-order valence-electron chi connectivity index (χ1n) is 7.90. The maximum Gasteiger partial charge on any atom is 0.225 e. The summed E-state index contributed by atoms with van der Waals surface area (Å²) in [6.45, 7) is 3.34. The van der Waals surface area contributed by atoms with Crippen molar-refractivity contribution >= 4 is 5.91 Å². The molecule has 116 valence electrons. The molecule has 4 nitrogen and oxygen atoms in total. The molecule has 2 rings (SSSR count). The molecule has 0 atom stereocenters. The SMILES string of the molecule is CNCCC1CCN(C(=O)CCOc2ccccc2)CC1. The molecule has 4 heteroatoms. The second-order valence-electron chi connectivity index (χ2n) is 5.63. The monoisotopic (exact) mass is 290 g/mol. The number of carbonyl (C=O) groups is 1. The van der Waals surface area contributed by atoms with Crippen LogP contribution in [0, 0.1) is 5.92 Å². The third-order valence-electron chi connectivity index (χ3n) is 4.10. The zero-order chi connectivity index (χ0) is 14.9. The maximum atomic E-state index is 12.1. The van der Waals surface area contributed by atoms with Crippen LogP contribution >= 0.6 is 0 Å². The lowest BCUT2D eigenvalue weighted by Gasteiger charge is -2.32. The van der Waals surface area contributed by atoms with E-state index in [4.69, 9.17) is 4.74 Å². The van der Waals surface area contributed by atoms with Gasteiger partial charge in [-0.3, -0.25) is 4.79 Å². The van der Waals surface area contributed by atoms with Crippen molar-refractivity contribution < 1.29 is 9.53 Å². The summed E-state index contributed by atoms with van der Waals surface area (Å²) in [7, 11) is 1.99. The molecular weight excluding hydrogens is 264 g/mol. The molecule has 1 aromatic carbocycles. The van der Waals surface area contributed by atoms with E-state index >= 15 is 0 Å². The van der Waals surface area contributed by atoms with Crippen molar-refractivity contribution in [1.82, 2.24) is 10.2 Å². The molecule has 0 spiro atoms. The summed E-state index contributed by atoms with van der Waals surface area (Å²) in [4.78, 5) is 14.1. The Bertz CT molecular complexity index is 414. The predicted molar refractivity (Wildman–Crippen MR) is 84.4 cm³/mol. The fraction of sp³-hybridized carbons (Fsp3) is 0.588. The zero-order valence-corrected chi connectivity index (χ0v) is 12.9. The third kappa shape index (κ3) is 5.38. The van der Waals surface area contributed by atoms with E-state index in [0.717, 1.165) is 44.1 Å². The molecule has 0 bridgehead atoms. The highest BCUT2D eigenvalue weighted by atomic mass is 16.5. The molecular formula is C17H26N2O2. The first-order valence-corrected chi connectivity index (χ1v) is 7.90. The van der Waals surface area contributed by atoms with Gasteiger partial charge in [-0.1, -0.05) is 18.2 Å². The highest BCUT2D eigenvalue weighted by Gasteiger charge is 2.22. The molecule has 1 aliphatic heterocycles. The Morgan fingerprint density at radius 3 is 2.67 bits per heavy atom. The molecule has 0 saturated carbocycles. The Labute approximate surface area is 127 Å². The topological polar surface area (TPSA) is 41.6 Å². The van der Waals surface area contributed by atoms with E-state index in [-0.39, 0.29) is 5.91 Å². The average molecular weight is 290 g/mol. The summed E-state index contributed by atoms with van der Waals surface area (Å²) in [5, 5.41) is 3.20. The van der Waals surface area contributed by atoms with E-state index in [1.54, 1.807) is 0 Å². The van der Waals surface area contributed by atoms with E-state index in [1.807, 2.05) is 42.3 Å². The molecule has 0 aliphatic carbocycles. The minimum Gasteiger partial charge on any atom is -0.493 e. The number of piperidine rings is 1. The van der Waals surface area contributed by atoms with E-state index in [2.05, 4.69) is 5.32 Å². The standard InChI is InChI=1S/C17H26N2O2/c1-18-11-7-15-8-12-19(13-9-15)17(20)10-14-21-16-5-3-2-4-6-16/h2-6,15,18H,7-14H2,1H3. The van der Waals surface area contributed by atoms with Crippen LogP contribution in [0.1, 0.15) is 25.7 Å². The van der Waals surface area contributed by atoms with E-state index in [9.17, 15) is 4.79 Å². The van der Waals surface area contributed by atoms with Gasteiger partial charge in [-0.25, -0.2) is 0 Å². The number of nitrogens with zero attached hydrogens (tertiary/aromatic N) is 1. The molecule has 21 heavy (non-hydrogen) atoms. The minimum atomic E-state index is 0.220. The Morgan fingerprint density at radius 2 is 2.00 bits per heavy atom. The molecule has 0 unspecified atom stereocenters. The zero-order valence-electron chi connectivity index (χ0n) is 12.9. The number of carbonyl (C=O) groups excluding carboxylic acids is 1. The molecule has 1 saturated heterocycles. The van der Waals surface area contributed by atoms with Crippen molar-refractivity contribution in [2.75, 3.05) is 33.3 Å². The van der Waals surface area contributed by atoms with Crippen LogP contribution in [0.3, 0.4) is 0 Å². The van der Waals surface area contributed by atoms with Crippen molar-refractivity contribution in [1.29, 1.82) is 0 Å². The number of rotatable bonds is 7. The molecule has 0 radical (unpaired) electrons. The second-order valence-corrected chi connectivity index (χ2v) is 5.63. The summed E-state index contributed by atoms with van der Waals surface area (Å²) < 4.78 is 5.59. The van der Waals surface area contributed by atoms with Crippen LogP contribution in [-0.2, 0) is 4.79 Å². The quantitative estimate of drug-likeness (QED) is 0.838. The minimum absolute atomic E-state index is 0.220. The van der Waals surface area contributed by atoms with Crippen LogP contribution < -0.4 is 10.1 Å². The summed E-state index contributed by atoms with van der Waals surface area (Å²) in [6.07, 6.45) is 3.95. The van der Waals surface area contributed by atoms with Gasteiger partial charge in [0.15, 0.2) is 0 Å². The number of hydrogen-bond donors (Lipinski definition) is 1. The van der Waals surface area contributed by atoms with Gasteiger partial charge in [-0.05, 0) is 50.9 Å². The first-order chi connectivity index (χ1) is 10.3. The highest BCUT2D eigenvalue weighted by molar-refractivity contribution is 5.76. The lowest BCUT2D eigenvalue weighted by Crippen LogP contribution is -2.39. The lowest BCUT2D eigenvalue weighted by atomic mass is 9.93. The van der Waals surface area contributed by atoms with Gasteiger partial charge >= 0.3 is 0 Å². The van der Waals surface area contributed by atoms with Gasteiger partial charge in [0.05, 0.1) is 13.0 Å². The van der Waals surface area contributed by atoms with Gasteiger partial charge in [0, 0.05) is 13.1 Å². The lowest BCUT2D eigenvalue weighted by molar-refractivity contribution is -0.133. The normalized spacial score (nSPS) is 16.0. The van der Waals surface area contributed by atoms with Gasteiger partial charge < -0.3 is 15.0 Å². The van der Waals surface area contributed by atoms with Crippen LogP contribution in [0.5, 0.6) is 5.75 Å². The number of ether oxygens (including phenoxy) is 1. The number of para-hydroxylation sites is 1. The molecule has 1 fully saturated rings. The maximum absolute atomic E-state index is 12.1. The Hall–Kier alpha value is -1.55. The number of amides is 1. The fourth-order valence-corrected chi connectivity index (χ4v) is 2.75. The van der Waals surface area contributed by atoms with Crippen molar-refractivity contribution in [2.45, 2.75) is 25.7 Å². The van der Waals surface area contributed by atoms with Gasteiger partial charge in [0.2, 0.25) is 5.91 Å². The molecule has 0 aromatic heterocycles. The van der Waals surface area contributed by atoms with Crippen molar-refractivity contribution in [2.24, 2.45) is 5.92 Å². The first kappa shape index (κ1) is 15.8. The Kier molecular flexibility index (Phi) is 6.54. The van der Waals surface area contributed by atoms with Gasteiger partial charge in [-0.2, -0.15) is 0 Å². The van der Waals surface area contributed by atoms with Crippen LogP contribution in [0.25, 0.3) is 0 Å². The summed E-state index contributed by atoms with van der Waals surface area (Å²) >= 11 is 0. The Balaban J connectivity index is 1.63. The number of benzene rings is 1. The van der Waals surface area contributed by atoms with Gasteiger partial charge in [-0.15, -0.1) is 0 Å². The third-order valence-corrected chi connectivity index (χ3v) is 4.10. The smallest absolute Gasteiger partial charge is 0.225 e. The molecule has 1 aromatic rings. The van der Waals surface area contributed by atoms with Gasteiger partial charge in [0.25, 0.3) is 0 Å². The van der Waals surface area contributed by atoms with Crippen molar-refractivity contribution in [3.05, 3.63) is 30.3 Å². The molecule has 1 heterocycles. The number of likely N-dealkylation sites (tertiary alicyclic amines) is 1. The Morgan fingerprint density at radius 1 is 1.29 bits per heavy atom. The van der Waals surface area contributed by atoms with Crippen LogP contribution in [0.15, 0.2) is 30.3 Å². The van der Waals surface area contributed by atoms with E-state index in [0.29, 0.717) is 13.0 Å². The summed E-state index contributed by atoms with van der Waals surface area (Å²) in [6, 6.07) is 9.66. The number of hydrogen-bond acceptors (Lipinski definition) is 3. The number of nitrogens with one attached hydrogen (secondary N) is 1. The highest BCUT2D eigenvalue weighted by Crippen LogP contribution is 2.20. The van der Waals surface area contributed by atoms with Crippen molar-refractivity contribution in [3.8, 4) is 5.75 Å². The van der Waals surface area contributed by atoms with Crippen molar-refractivity contribution in [3.63, 3.8) is 0 Å². The largest absolute Gasteiger partial charge is 0.493 e. The summed E-state index contributed by atoms with van der Waals surface area (Å²) in [5.74, 6) is 1.82. The van der Waals surface area contributed by atoms with Gasteiger partial charge in [0.1, 0.15) is 5.75 Å². The van der Waals surface area contributed by atoms with Crippen LogP contribution in [-0.4, -0.2) is 44.1 Å². The molecule has 1 aliphatic rings. The van der Waals surface area contributed by atoms with E-state index < -0.39 is 0 Å². The molecule has 1 amide bonds. The predicted octanol–water partition coefficient (Wildman–Crippen LogP) is 2.30. The average Bonchev–Trinajstić information content (AvgIpc) is 2.54. The fourth-order valence-electron chi connectivity index (χ4n) is 2.75. The second kappa shape index (κ2) is 8.67. The van der Waals surface area contributed by atoms with E-state index in [1.165, 1.54) is 6.42 Å². The summed E-state index contributed by atoms with van der Waals surface area (Å²) in [5.41, 5.74) is 0. The van der Waals surface area contributed by atoms with Crippen LogP contribution in [0.4, 0.5) is 0 Å².